The Labute approximate surface area is 114 Å². The molecule has 1 heterocycles. The summed E-state index contributed by atoms with van der Waals surface area (Å²) < 4.78 is 5.31. The summed E-state index contributed by atoms with van der Waals surface area (Å²) >= 11 is 5.87. The van der Waals surface area contributed by atoms with E-state index < -0.39 is 5.97 Å². The number of fused-ring (bicyclic) bond motifs is 1. The average Bonchev–Trinajstić information content (AvgIpc) is 2.86. The third kappa shape index (κ3) is 2.09. The van der Waals surface area contributed by atoms with Crippen molar-refractivity contribution in [1.29, 1.82) is 0 Å². The molecule has 0 atom stereocenters. The Morgan fingerprint density at radius 3 is 2.53 bits per heavy atom. The number of hydrogen-bond donors (Lipinski definition) is 1. The molecule has 3 rings (SSSR count). The number of halogens is 1. The monoisotopic (exact) mass is 272 g/mol. The molecule has 0 aliphatic carbocycles. The third-order valence-electron chi connectivity index (χ3n) is 2.97. The minimum Gasteiger partial charge on any atom is -0.478 e. The number of carboxylic acids is 1. The second kappa shape index (κ2) is 4.44. The van der Waals surface area contributed by atoms with E-state index in [9.17, 15) is 4.79 Å². The number of carbonyl (C=O) groups is 1. The molecule has 3 aromatic rings. The molecular formula is C15H9ClO3. The quantitative estimate of drug-likeness (QED) is 0.750. The van der Waals surface area contributed by atoms with Crippen LogP contribution in [0.2, 0.25) is 5.02 Å². The fraction of sp³-hybridized carbons (Fsp3) is 0. The first-order chi connectivity index (χ1) is 9.15. The molecule has 0 bridgehead atoms. The molecule has 0 radical (unpaired) electrons. The van der Waals surface area contributed by atoms with Gasteiger partial charge in [0.2, 0.25) is 0 Å². The molecule has 2 aromatic carbocycles. The zero-order valence-electron chi connectivity index (χ0n) is 9.76. The van der Waals surface area contributed by atoms with Gasteiger partial charge in [-0.15, -0.1) is 0 Å². The van der Waals surface area contributed by atoms with Crippen LogP contribution in [0.5, 0.6) is 0 Å². The summed E-state index contributed by atoms with van der Waals surface area (Å²) in [5.41, 5.74) is 2.48. The molecule has 0 unspecified atom stereocenters. The van der Waals surface area contributed by atoms with Gasteiger partial charge in [0.1, 0.15) is 5.58 Å². The first kappa shape index (κ1) is 11.8. The number of carboxylic acid groups (broad SMARTS) is 1. The van der Waals surface area contributed by atoms with E-state index in [-0.39, 0.29) is 5.56 Å². The fourth-order valence-corrected chi connectivity index (χ4v) is 2.19. The molecule has 0 saturated carbocycles. The lowest BCUT2D eigenvalue weighted by molar-refractivity contribution is 0.0697. The van der Waals surface area contributed by atoms with E-state index in [1.165, 1.54) is 6.07 Å². The Bertz CT molecular complexity index is 757. The Morgan fingerprint density at radius 2 is 1.84 bits per heavy atom. The summed E-state index contributed by atoms with van der Waals surface area (Å²) in [4.78, 5) is 11.1. The van der Waals surface area contributed by atoms with Crippen LogP contribution in [-0.2, 0) is 0 Å². The Hall–Kier alpha value is -2.26. The first-order valence-electron chi connectivity index (χ1n) is 5.65. The predicted octanol–water partition coefficient (Wildman–Crippen LogP) is 4.45. The van der Waals surface area contributed by atoms with Crippen LogP contribution in [0.25, 0.3) is 22.1 Å². The van der Waals surface area contributed by atoms with Crippen LogP contribution < -0.4 is 0 Å². The summed E-state index contributed by atoms with van der Waals surface area (Å²) in [6, 6.07) is 12.3. The SMILES string of the molecule is O=C(O)c1cc(-c2ccc(Cl)cc2)c2ccoc2c1. The predicted molar refractivity (Wildman–Crippen MR) is 73.6 cm³/mol. The lowest BCUT2D eigenvalue weighted by Crippen LogP contribution is -1.96. The highest BCUT2D eigenvalue weighted by molar-refractivity contribution is 6.30. The van der Waals surface area contributed by atoms with Crippen LogP contribution in [0.3, 0.4) is 0 Å². The zero-order valence-corrected chi connectivity index (χ0v) is 10.5. The normalized spacial score (nSPS) is 10.8. The van der Waals surface area contributed by atoms with Gasteiger partial charge in [-0.2, -0.15) is 0 Å². The summed E-state index contributed by atoms with van der Waals surface area (Å²) in [7, 11) is 0. The maximum atomic E-state index is 11.1. The van der Waals surface area contributed by atoms with Crippen LogP contribution in [0.1, 0.15) is 10.4 Å². The van der Waals surface area contributed by atoms with Crippen LogP contribution in [0.15, 0.2) is 53.1 Å². The van der Waals surface area contributed by atoms with E-state index in [0.717, 1.165) is 16.5 Å². The molecule has 0 aliphatic rings. The number of furan rings is 1. The van der Waals surface area contributed by atoms with Crippen LogP contribution in [0, 0.1) is 0 Å². The highest BCUT2D eigenvalue weighted by Crippen LogP contribution is 2.31. The molecule has 0 saturated heterocycles. The van der Waals surface area contributed by atoms with Crippen molar-refractivity contribution < 1.29 is 14.3 Å². The molecule has 0 amide bonds. The van der Waals surface area contributed by atoms with Gasteiger partial charge < -0.3 is 9.52 Å². The minimum atomic E-state index is -0.978. The van der Waals surface area contributed by atoms with Crippen LogP contribution in [0.4, 0.5) is 0 Å². The van der Waals surface area contributed by atoms with E-state index in [4.69, 9.17) is 21.1 Å². The molecule has 1 aromatic heterocycles. The van der Waals surface area contributed by atoms with Crippen molar-refractivity contribution in [2.75, 3.05) is 0 Å². The number of rotatable bonds is 2. The van der Waals surface area contributed by atoms with E-state index in [1.807, 2.05) is 18.2 Å². The van der Waals surface area contributed by atoms with Gasteiger partial charge >= 0.3 is 5.97 Å². The summed E-state index contributed by atoms with van der Waals surface area (Å²) in [5.74, 6) is -0.978. The highest BCUT2D eigenvalue weighted by Gasteiger charge is 2.12. The van der Waals surface area contributed by atoms with Gasteiger partial charge in [-0.05, 0) is 41.5 Å². The molecule has 19 heavy (non-hydrogen) atoms. The number of aromatic carboxylic acids is 1. The zero-order chi connectivity index (χ0) is 13.4. The Balaban J connectivity index is 2.29. The van der Waals surface area contributed by atoms with Crippen molar-refractivity contribution in [2.45, 2.75) is 0 Å². The lowest BCUT2D eigenvalue weighted by atomic mass is 9.99. The van der Waals surface area contributed by atoms with Gasteiger partial charge in [0.05, 0.1) is 11.8 Å². The minimum absolute atomic E-state index is 0.201. The molecule has 1 N–H and O–H groups in total. The summed E-state index contributed by atoms with van der Waals surface area (Å²) in [5, 5.41) is 10.7. The van der Waals surface area contributed by atoms with Crippen molar-refractivity contribution in [3.63, 3.8) is 0 Å². The van der Waals surface area contributed by atoms with E-state index >= 15 is 0 Å². The van der Waals surface area contributed by atoms with E-state index in [2.05, 4.69) is 0 Å². The number of benzene rings is 2. The van der Waals surface area contributed by atoms with Gasteiger partial charge in [0.25, 0.3) is 0 Å². The third-order valence-corrected chi connectivity index (χ3v) is 3.23. The Kier molecular flexibility index (Phi) is 2.76. The topological polar surface area (TPSA) is 50.4 Å². The maximum absolute atomic E-state index is 11.1. The second-order valence-corrected chi connectivity index (χ2v) is 4.60. The molecule has 94 valence electrons. The molecule has 4 heteroatoms. The Morgan fingerprint density at radius 1 is 1.11 bits per heavy atom. The van der Waals surface area contributed by atoms with Crippen LogP contribution >= 0.6 is 11.6 Å². The first-order valence-corrected chi connectivity index (χ1v) is 6.03. The number of hydrogen-bond acceptors (Lipinski definition) is 2. The van der Waals surface area contributed by atoms with Gasteiger partial charge in [-0.3, -0.25) is 0 Å². The van der Waals surface area contributed by atoms with Gasteiger partial charge in [0.15, 0.2) is 0 Å². The average molecular weight is 273 g/mol. The maximum Gasteiger partial charge on any atom is 0.335 e. The highest BCUT2D eigenvalue weighted by atomic mass is 35.5. The molecular weight excluding hydrogens is 264 g/mol. The fourth-order valence-electron chi connectivity index (χ4n) is 2.06. The molecule has 0 spiro atoms. The smallest absolute Gasteiger partial charge is 0.335 e. The van der Waals surface area contributed by atoms with Crippen molar-refractivity contribution in [1.82, 2.24) is 0 Å². The van der Waals surface area contributed by atoms with Crippen LogP contribution in [-0.4, -0.2) is 11.1 Å². The van der Waals surface area contributed by atoms with Crippen molar-refractivity contribution in [2.24, 2.45) is 0 Å². The standard InChI is InChI=1S/C15H9ClO3/c16-11-3-1-9(2-4-11)13-7-10(15(17)18)8-14-12(13)5-6-19-14/h1-8H,(H,17,18). The van der Waals surface area contributed by atoms with Crippen molar-refractivity contribution in [3.05, 3.63) is 59.3 Å². The van der Waals surface area contributed by atoms with Crippen molar-refractivity contribution in [3.8, 4) is 11.1 Å². The van der Waals surface area contributed by atoms with E-state index in [0.29, 0.717) is 10.6 Å². The van der Waals surface area contributed by atoms with Crippen molar-refractivity contribution >= 4 is 28.5 Å². The van der Waals surface area contributed by atoms with Gasteiger partial charge in [-0.1, -0.05) is 23.7 Å². The molecule has 3 nitrogen and oxygen atoms in total. The lowest BCUT2D eigenvalue weighted by Gasteiger charge is -2.05. The molecule has 0 aliphatic heterocycles. The second-order valence-electron chi connectivity index (χ2n) is 4.17. The largest absolute Gasteiger partial charge is 0.478 e. The summed E-state index contributed by atoms with van der Waals surface area (Å²) in [6.45, 7) is 0. The van der Waals surface area contributed by atoms with Gasteiger partial charge in [0, 0.05) is 10.4 Å². The van der Waals surface area contributed by atoms with E-state index in [1.54, 1.807) is 24.5 Å². The molecule has 0 fully saturated rings. The van der Waals surface area contributed by atoms with Gasteiger partial charge in [-0.25, -0.2) is 4.79 Å². The summed E-state index contributed by atoms with van der Waals surface area (Å²) in [6.07, 6.45) is 1.55.